The van der Waals surface area contributed by atoms with Crippen molar-refractivity contribution >= 4 is 50.9 Å². The molecule has 1 aliphatic rings. The zero-order valence-corrected chi connectivity index (χ0v) is 18.4. The maximum Gasteiger partial charge on any atom is 0.326 e. The van der Waals surface area contributed by atoms with Crippen molar-refractivity contribution in [2.45, 2.75) is 26.7 Å². The van der Waals surface area contributed by atoms with E-state index in [2.05, 4.69) is 15.9 Å². The Morgan fingerprint density at radius 1 is 1.25 bits per heavy atom. The SMILES string of the molecule is CCCCOC(=O)CN1C(=O)S/C(=C\c2cc(OC)c(OCC)cc2Br)C1=O. The van der Waals surface area contributed by atoms with Crippen LogP contribution in [-0.2, 0) is 14.3 Å². The lowest BCUT2D eigenvalue weighted by Gasteiger charge is -2.12. The predicted molar refractivity (Wildman–Crippen MR) is 110 cm³/mol. The predicted octanol–water partition coefficient (Wildman–Crippen LogP) is 4.24. The Kier molecular flexibility index (Phi) is 8.37. The molecular weight excluding hydrogens is 450 g/mol. The third kappa shape index (κ3) is 5.51. The van der Waals surface area contributed by atoms with Crippen molar-refractivity contribution in [3.05, 3.63) is 27.1 Å². The summed E-state index contributed by atoms with van der Waals surface area (Å²) < 4.78 is 16.5. The lowest BCUT2D eigenvalue weighted by atomic mass is 10.2. The van der Waals surface area contributed by atoms with Crippen LogP contribution in [0.3, 0.4) is 0 Å². The van der Waals surface area contributed by atoms with Crippen molar-refractivity contribution < 1.29 is 28.6 Å². The molecule has 0 unspecified atom stereocenters. The van der Waals surface area contributed by atoms with Gasteiger partial charge in [0.05, 0.1) is 25.2 Å². The number of thioether (sulfide) groups is 1. The van der Waals surface area contributed by atoms with Gasteiger partial charge in [0.15, 0.2) is 11.5 Å². The van der Waals surface area contributed by atoms with Gasteiger partial charge in [-0.1, -0.05) is 29.3 Å². The Hall–Kier alpha value is -2.00. The first-order valence-corrected chi connectivity index (χ1v) is 10.4. The van der Waals surface area contributed by atoms with Crippen LogP contribution in [0.1, 0.15) is 32.3 Å². The first-order chi connectivity index (χ1) is 13.4. The number of unbranched alkanes of at least 4 members (excludes halogenated alkanes) is 1. The van der Waals surface area contributed by atoms with Crippen molar-refractivity contribution in [1.29, 1.82) is 0 Å². The van der Waals surface area contributed by atoms with Gasteiger partial charge in [-0.05, 0) is 48.9 Å². The molecule has 9 heteroatoms. The van der Waals surface area contributed by atoms with Gasteiger partial charge in [0.25, 0.3) is 11.1 Å². The fourth-order valence-electron chi connectivity index (χ4n) is 2.37. The number of methoxy groups -OCH3 is 1. The number of ether oxygens (including phenoxy) is 3. The molecule has 1 aromatic rings. The topological polar surface area (TPSA) is 82.1 Å². The number of rotatable bonds is 9. The number of esters is 1. The highest BCUT2D eigenvalue weighted by atomic mass is 79.9. The molecule has 0 aromatic heterocycles. The van der Waals surface area contributed by atoms with Gasteiger partial charge < -0.3 is 14.2 Å². The molecule has 1 fully saturated rings. The monoisotopic (exact) mass is 471 g/mol. The minimum Gasteiger partial charge on any atom is -0.493 e. The fourth-order valence-corrected chi connectivity index (χ4v) is 3.64. The summed E-state index contributed by atoms with van der Waals surface area (Å²) in [6.07, 6.45) is 3.20. The molecule has 0 N–H and O–H groups in total. The lowest BCUT2D eigenvalue weighted by molar-refractivity contribution is -0.146. The average Bonchev–Trinajstić information content (AvgIpc) is 2.91. The molecular formula is C19H22BrNO6S. The third-order valence-electron chi connectivity index (χ3n) is 3.79. The number of amides is 2. The zero-order chi connectivity index (χ0) is 20.7. The smallest absolute Gasteiger partial charge is 0.326 e. The van der Waals surface area contributed by atoms with Crippen LogP contribution in [0, 0.1) is 0 Å². The Balaban J connectivity index is 2.18. The molecule has 1 heterocycles. The maximum atomic E-state index is 12.6. The van der Waals surface area contributed by atoms with E-state index in [0.717, 1.165) is 29.5 Å². The van der Waals surface area contributed by atoms with E-state index in [0.29, 0.717) is 28.1 Å². The molecule has 0 aliphatic carbocycles. The van der Waals surface area contributed by atoms with Gasteiger partial charge in [0, 0.05) is 4.47 Å². The quantitative estimate of drug-likeness (QED) is 0.302. The Morgan fingerprint density at radius 2 is 2.00 bits per heavy atom. The first-order valence-electron chi connectivity index (χ1n) is 8.82. The van der Waals surface area contributed by atoms with E-state index in [1.807, 2.05) is 13.8 Å². The normalized spacial score (nSPS) is 15.3. The van der Waals surface area contributed by atoms with E-state index >= 15 is 0 Å². The molecule has 2 amide bonds. The molecule has 0 radical (unpaired) electrons. The lowest BCUT2D eigenvalue weighted by Crippen LogP contribution is -2.34. The number of halogens is 1. The summed E-state index contributed by atoms with van der Waals surface area (Å²) in [5.74, 6) is -0.0462. The minimum atomic E-state index is -0.596. The van der Waals surface area contributed by atoms with E-state index < -0.39 is 17.1 Å². The second kappa shape index (κ2) is 10.5. The molecule has 1 aliphatic heterocycles. The minimum absolute atomic E-state index is 0.221. The fraction of sp³-hybridized carbons (Fsp3) is 0.421. The van der Waals surface area contributed by atoms with Crippen LogP contribution < -0.4 is 9.47 Å². The van der Waals surface area contributed by atoms with Crippen LogP contribution in [-0.4, -0.2) is 48.9 Å². The van der Waals surface area contributed by atoms with Gasteiger partial charge in [-0.2, -0.15) is 0 Å². The summed E-state index contributed by atoms with van der Waals surface area (Å²) in [5.41, 5.74) is 0.649. The average molecular weight is 472 g/mol. The van der Waals surface area contributed by atoms with Crippen LogP contribution in [0.5, 0.6) is 11.5 Å². The number of benzene rings is 1. The molecule has 7 nitrogen and oxygen atoms in total. The van der Waals surface area contributed by atoms with Crippen LogP contribution in [0.25, 0.3) is 6.08 Å². The van der Waals surface area contributed by atoms with E-state index in [1.165, 1.54) is 7.11 Å². The number of carbonyl (C=O) groups is 3. The number of hydrogen-bond donors (Lipinski definition) is 0. The van der Waals surface area contributed by atoms with Gasteiger partial charge in [-0.15, -0.1) is 0 Å². The molecule has 0 atom stereocenters. The van der Waals surface area contributed by atoms with Gasteiger partial charge in [-0.3, -0.25) is 19.3 Å². The summed E-state index contributed by atoms with van der Waals surface area (Å²) >= 11 is 4.22. The highest BCUT2D eigenvalue weighted by molar-refractivity contribution is 9.10. The second-order valence-electron chi connectivity index (χ2n) is 5.80. The van der Waals surface area contributed by atoms with Crippen molar-refractivity contribution in [3.63, 3.8) is 0 Å². The number of imide groups is 1. The second-order valence-corrected chi connectivity index (χ2v) is 7.65. The number of nitrogens with zero attached hydrogens (tertiary/aromatic N) is 1. The van der Waals surface area contributed by atoms with Crippen LogP contribution in [0.2, 0.25) is 0 Å². The molecule has 0 spiro atoms. The standard InChI is InChI=1S/C19H22BrNO6S/c1-4-6-7-27-17(22)11-21-18(23)16(28-19(21)24)9-12-8-14(25-3)15(26-5-2)10-13(12)20/h8-10H,4-7,11H2,1-3H3/b16-9-. The van der Waals surface area contributed by atoms with Crippen LogP contribution >= 0.6 is 27.7 Å². The summed E-state index contributed by atoms with van der Waals surface area (Å²) in [4.78, 5) is 37.7. The summed E-state index contributed by atoms with van der Waals surface area (Å²) in [6, 6.07) is 3.45. The highest BCUT2D eigenvalue weighted by Crippen LogP contribution is 2.38. The largest absolute Gasteiger partial charge is 0.493 e. The first kappa shape index (κ1) is 22.3. The number of carbonyl (C=O) groups excluding carboxylic acids is 3. The van der Waals surface area contributed by atoms with Crippen molar-refractivity contribution in [3.8, 4) is 11.5 Å². The maximum absolute atomic E-state index is 12.6. The summed E-state index contributed by atoms with van der Waals surface area (Å²) in [6.45, 7) is 4.21. The number of hydrogen-bond acceptors (Lipinski definition) is 7. The molecule has 1 aromatic carbocycles. The zero-order valence-electron chi connectivity index (χ0n) is 16.0. The Bertz CT molecular complexity index is 795. The van der Waals surface area contributed by atoms with E-state index in [9.17, 15) is 14.4 Å². The molecule has 0 saturated carbocycles. The van der Waals surface area contributed by atoms with Crippen molar-refractivity contribution in [1.82, 2.24) is 4.90 Å². The van der Waals surface area contributed by atoms with E-state index in [1.54, 1.807) is 18.2 Å². The Labute approximate surface area is 176 Å². The van der Waals surface area contributed by atoms with Crippen LogP contribution in [0.4, 0.5) is 4.79 Å². The molecule has 152 valence electrons. The van der Waals surface area contributed by atoms with Gasteiger partial charge in [0.1, 0.15) is 6.54 Å². The Morgan fingerprint density at radius 3 is 2.64 bits per heavy atom. The van der Waals surface area contributed by atoms with Crippen molar-refractivity contribution in [2.24, 2.45) is 0 Å². The summed E-state index contributed by atoms with van der Waals surface area (Å²) in [5, 5.41) is -0.502. The summed E-state index contributed by atoms with van der Waals surface area (Å²) in [7, 11) is 1.52. The van der Waals surface area contributed by atoms with E-state index in [-0.39, 0.29) is 18.1 Å². The molecule has 28 heavy (non-hydrogen) atoms. The van der Waals surface area contributed by atoms with Crippen molar-refractivity contribution in [2.75, 3.05) is 26.9 Å². The van der Waals surface area contributed by atoms with Gasteiger partial charge >= 0.3 is 5.97 Å². The third-order valence-corrected chi connectivity index (χ3v) is 5.39. The molecule has 1 saturated heterocycles. The molecule has 0 bridgehead atoms. The van der Waals surface area contributed by atoms with Gasteiger partial charge in [-0.25, -0.2) is 0 Å². The highest BCUT2D eigenvalue weighted by Gasteiger charge is 2.36. The van der Waals surface area contributed by atoms with Crippen LogP contribution in [0.15, 0.2) is 21.5 Å². The van der Waals surface area contributed by atoms with E-state index in [4.69, 9.17) is 14.2 Å². The molecule has 2 rings (SSSR count). The van der Waals surface area contributed by atoms with Gasteiger partial charge in [0.2, 0.25) is 0 Å².